The van der Waals surface area contributed by atoms with E-state index in [9.17, 15) is 14.4 Å². The van der Waals surface area contributed by atoms with Crippen molar-refractivity contribution in [3.8, 4) is 0 Å². The van der Waals surface area contributed by atoms with Gasteiger partial charge in [0.1, 0.15) is 12.1 Å². The molecule has 4 amide bonds. The summed E-state index contributed by atoms with van der Waals surface area (Å²) in [6.07, 6.45) is 11.4. The van der Waals surface area contributed by atoms with Crippen LogP contribution in [0, 0.1) is 0 Å². The Morgan fingerprint density at radius 1 is 1.20 bits per heavy atom. The number of amides is 4. The molecule has 1 aliphatic heterocycles. The number of carbonyl (C=O) groups is 3. The molecule has 0 aromatic heterocycles. The molecule has 1 heterocycles. The van der Waals surface area contributed by atoms with Crippen LogP contribution >= 0.6 is 0 Å². The van der Waals surface area contributed by atoms with Crippen LogP contribution in [0.25, 0.3) is 0 Å². The summed E-state index contributed by atoms with van der Waals surface area (Å²) in [4.78, 5) is 41.1. The van der Waals surface area contributed by atoms with Gasteiger partial charge in [-0.25, -0.2) is 4.79 Å². The van der Waals surface area contributed by atoms with Crippen molar-refractivity contribution < 1.29 is 14.4 Å². The largest absolute Gasteiger partial charge is 0.325 e. The lowest BCUT2D eigenvalue weighted by atomic mass is 9.90. The number of carbonyl (C=O) groups excluding carboxylic acids is 3. The molecule has 2 aliphatic carbocycles. The Balaban J connectivity index is 1.71. The van der Waals surface area contributed by atoms with E-state index in [1.165, 1.54) is 0 Å². The number of nitrogens with zero attached hydrogens (tertiary/aromatic N) is 2. The van der Waals surface area contributed by atoms with E-state index in [-0.39, 0.29) is 18.4 Å². The first kappa shape index (κ1) is 18.0. The van der Waals surface area contributed by atoms with Gasteiger partial charge in [-0.15, -0.1) is 0 Å². The highest BCUT2D eigenvalue weighted by molar-refractivity contribution is 6.09. The van der Waals surface area contributed by atoms with Crippen LogP contribution in [-0.2, 0) is 9.59 Å². The molecule has 0 aromatic carbocycles. The topological polar surface area (TPSA) is 69.7 Å². The van der Waals surface area contributed by atoms with E-state index in [1.807, 2.05) is 6.92 Å². The first-order valence-corrected chi connectivity index (χ1v) is 9.71. The van der Waals surface area contributed by atoms with E-state index in [0.29, 0.717) is 19.4 Å². The monoisotopic (exact) mass is 347 g/mol. The van der Waals surface area contributed by atoms with E-state index < -0.39 is 11.6 Å². The van der Waals surface area contributed by atoms with Crippen LogP contribution in [-0.4, -0.2) is 46.3 Å². The summed E-state index contributed by atoms with van der Waals surface area (Å²) in [5.74, 6) is -0.353. The van der Waals surface area contributed by atoms with Crippen LogP contribution in [0.2, 0.25) is 0 Å². The highest BCUT2D eigenvalue weighted by atomic mass is 16.2. The zero-order valence-electron chi connectivity index (χ0n) is 15.2. The van der Waals surface area contributed by atoms with Gasteiger partial charge in [0.25, 0.3) is 5.91 Å². The molecule has 6 heteroatoms. The highest BCUT2D eigenvalue weighted by Gasteiger charge is 2.51. The first-order valence-electron chi connectivity index (χ1n) is 9.71. The molecular formula is C19H29N3O3. The van der Waals surface area contributed by atoms with Crippen molar-refractivity contribution in [1.29, 1.82) is 0 Å². The van der Waals surface area contributed by atoms with Crippen molar-refractivity contribution in [3.63, 3.8) is 0 Å². The lowest BCUT2D eigenvalue weighted by molar-refractivity contribution is -0.138. The third kappa shape index (κ3) is 3.58. The quantitative estimate of drug-likeness (QED) is 0.777. The van der Waals surface area contributed by atoms with Crippen LogP contribution in [0.15, 0.2) is 11.8 Å². The molecule has 1 spiro atoms. The third-order valence-corrected chi connectivity index (χ3v) is 5.61. The van der Waals surface area contributed by atoms with Gasteiger partial charge in [0.2, 0.25) is 5.91 Å². The molecular weight excluding hydrogens is 318 g/mol. The van der Waals surface area contributed by atoms with Crippen molar-refractivity contribution in [2.24, 2.45) is 0 Å². The number of allylic oxidation sites excluding steroid dienone is 2. The van der Waals surface area contributed by atoms with Crippen LogP contribution in [0.4, 0.5) is 4.79 Å². The first-order chi connectivity index (χ1) is 12.1. The minimum Gasteiger partial charge on any atom is -0.323 e. The van der Waals surface area contributed by atoms with E-state index >= 15 is 0 Å². The number of rotatable bonds is 5. The minimum absolute atomic E-state index is 0.149. The molecule has 0 atom stereocenters. The zero-order chi connectivity index (χ0) is 17.9. The second-order valence-corrected chi connectivity index (χ2v) is 7.45. The summed E-state index contributed by atoms with van der Waals surface area (Å²) in [5.41, 5.74) is 0.277. The Bertz CT molecular complexity index is 576. The normalized spacial score (nSPS) is 22.8. The fourth-order valence-electron chi connectivity index (χ4n) is 4.26. The van der Waals surface area contributed by atoms with Gasteiger partial charge in [-0.05, 0) is 38.5 Å². The molecule has 3 rings (SSSR count). The summed E-state index contributed by atoms with van der Waals surface area (Å²) < 4.78 is 0. The van der Waals surface area contributed by atoms with Gasteiger partial charge in [-0.3, -0.25) is 14.5 Å². The van der Waals surface area contributed by atoms with Gasteiger partial charge in [0, 0.05) is 12.2 Å². The SMILES string of the molecule is CCCN(C(=O)CN1C(=O)NC2(CCCCCC2)C1=O)C1=CCCC1. The van der Waals surface area contributed by atoms with Crippen LogP contribution in [0.1, 0.15) is 71.1 Å². The van der Waals surface area contributed by atoms with Gasteiger partial charge in [0.05, 0.1) is 0 Å². The second-order valence-electron chi connectivity index (χ2n) is 7.45. The molecule has 2 fully saturated rings. The predicted molar refractivity (Wildman–Crippen MR) is 94.6 cm³/mol. The van der Waals surface area contributed by atoms with Crippen molar-refractivity contribution in [3.05, 3.63) is 11.8 Å². The summed E-state index contributed by atoms with van der Waals surface area (Å²) in [6, 6.07) is -0.405. The smallest absolute Gasteiger partial charge is 0.323 e. The van der Waals surface area contributed by atoms with Gasteiger partial charge >= 0.3 is 6.03 Å². The molecule has 0 unspecified atom stereocenters. The van der Waals surface area contributed by atoms with E-state index in [1.54, 1.807) is 4.90 Å². The maximum Gasteiger partial charge on any atom is 0.325 e. The van der Waals surface area contributed by atoms with Crippen LogP contribution in [0.3, 0.4) is 0 Å². The molecule has 1 N–H and O–H groups in total. The van der Waals surface area contributed by atoms with Crippen molar-refractivity contribution in [2.45, 2.75) is 76.7 Å². The van der Waals surface area contributed by atoms with Crippen molar-refractivity contribution in [2.75, 3.05) is 13.1 Å². The maximum absolute atomic E-state index is 12.9. The number of imide groups is 1. The summed E-state index contributed by atoms with van der Waals surface area (Å²) >= 11 is 0. The summed E-state index contributed by atoms with van der Waals surface area (Å²) in [6.45, 7) is 2.52. The van der Waals surface area contributed by atoms with Gasteiger partial charge < -0.3 is 10.2 Å². The Hall–Kier alpha value is -1.85. The molecule has 1 saturated carbocycles. The lowest BCUT2D eigenvalue weighted by Gasteiger charge is -2.27. The number of hydrogen-bond acceptors (Lipinski definition) is 3. The number of urea groups is 1. The Labute approximate surface area is 149 Å². The summed E-state index contributed by atoms with van der Waals surface area (Å²) in [7, 11) is 0. The van der Waals surface area contributed by atoms with Crippen molar-refractivity contribution >= 4 is 17.8 Å². The van der Waals surface area contributed by atoms with E-state index in [0.717, 1.165) is 62.0 Å². The van der Waals surface area contributed by atoms with Gasteiger partial charge in [-0.1, -0.05) is 38.7 Å². The average Bonchev–Trinajstić information content (AvgIpc) is 3.11. The fraction of sp³-hybridized carbons (Fsp3) is 0.737. The van der Waals surface area contributed by atoms with Crippen LogP contribution < -0.4 is 5.32 Å². The molecule has 0 radical (unpaired) electrons. The number of nitrogens with one attached hydrogen (secondary N) is 1. The third-order valence-electron chi connectivity index (χ3n) is 5.61. The Kier molecular flexibility index (Phi) is 5.45. The molecule has 3 aliphatic rings. The van der Waals surface area contributed by atoms with Crippen LogP contribution in [0.5, 0.6) is 0 Å². The molecule has 25 heavy (non-hydrogen) atoms. The maximum atomic E-state index is 12.9. The molecule has 6 nitrogen and oxygen atoms in total. The molecule has 0 aromatic rings. The van der Waals surface area contributed by atoms with Gasteiger partial charge in [-0.2, -0.15) is 0 Å². The fourth-order valence-corrected chi connectivity index (χ4v) is 4.26. The summed E-state index contributed by atoms with van der Waals surface area (Å²) in [5, 5.41) is 2.91. The van der Waals surface area contributed by atoms with E-state index in [2.05, 4.69) is 11.4 Å². The second kappa shape index (κ2) is 7.58. The lowest BCUT2D eigenvalue weighted by Crippen LogP contribution is -2.47. The molecule has 1 saturated heterocycles. The Morgan fingerprint density at radius 2 is 1.92 bits per heavy atom. The Morgan fingerprint density at radius 3 is 2.52 bits per heavy atom. The predicted octanol–water partition coefficient (Wildman–Crippen LogP) is 2.94. The van der Waals surface area contributed by atoms with Crippen molar-refractivity contribution in [1.82, 2.24) is 15.1 Å². The van der Waals surface area contributed by atoms with E-state index in [4.69, 9.17) is 0 Å². The zero-order valence-corrected chi connectivity index (χ0v) is 15.2. The highest BCUT2D eigenvalue weighted by Crippen LogP contribution is 2.33. The average molecular weight is 347 g/mol. The minimum atomic E-state index is -0.768. The number of hydrogen-bond donors (Lipinski definition) is 1. The molecule has 138 valence electrons. The van der Waals surface area contributed by atoms with Gasteiger partial charge in [0.15, 0.2) is 0 Å². The standard InChI is InChI=1S/C19H29N3O3/c1-2-13-21(15-9-5-6-10-15)16(23)14-22-17(24)19(20-18(22)25)11-7-3-4-8-12-19/h9H,2-8,10-14H2,1H3,(H,20,25). The molecule has 0 bridgehead atoms.